The number of rotatable bonds is 6. The third kappa shape index (κ3) is 6.67. The van der Waals surface area contributed by atoms with Gasteiger partial charge in [0.05, 0.1) is 50.6 Å². The smallest absolute Gasteiger partial charge is 0.309 e. The summed E-state index contributed by atoms with van der Waals surface area (Å²) in [5.74, 6) is 0. The zero-order valence-electron chi connectivity index (χ0n) is 35.9. The van der Waals surface area contributed by atoms with E-state index in [-0.39, 0.29) is 0 Å². The molecule has 0 amide bonds. The molecule has 0 unspecified atom stereocenters. The van der Waals surface area contributed by atoms with Crippen LogP contribution in [0.3, 0.4) is 0 Å². The lowest BCUT2D eigenvalue weighted by Crippen LogP contribution is -2.05. The molecule has 0 spiro atoms. The number of nitrogens with zero attached hydrogens (tertiary/aromatic N) is 3. The molecule has 0 radical (unpaired) electrons. The van der Waals surface area contributed by atoms with Crippen LogP contribution in [0.1, 0.15) is 27.8 Å². The Morgan fingerprint density at radius 3 is 1.42 bits per heavy atom. The molecular formula is C59H40F3N3. The summed E-state index contributed by atoms with van der Waals surface area (Å²) in [4.78, 5) is 0. The standard InChI is InChI=1S/C59H40F3N3/c1-36-28-43(31-44(29-36)59(60,61)62)40-21-25-50(58(34-40)65-54-19-11-9-17-48(54)52-33-42(23-27-56(52)65)46-15-7-5-13-38(46)3)49-24-20-39(35-63)30-57(49)64-53-18-10-8-16-47(53)51-32-41(22-26-55(51)64)45-14-6-4-12-37(45)2/h4-34H,1-3H3. The van der Waals surface area contributed by atoms with Crippen molar-refractivity contribution in [3.05, 3.63) is 216 Å². The largest absolute Gasteiger partial charge is 0.416 e. The van der Waals surface area contributed by atoms with E-state index < -0.39 is 11.7 Å². The minimum absolute atomic E-state index is 0.472. The summed E-state index contributed by atoms with van der Waals surface area (Å²) < 4.78 is 47.5. The van der Waals surface area contributed by atoms with Crippen LogP contribution in [0.2, 0.25) is 0 Å². The van der Waals surface area contributed by atoms with Gasteiger partial charge in [-0.15, -0.1) is 0 Å². The van der Waals surface area contributed by atoms with Crippen molar-refractivity contribution < 1.29 is 13.2 Å². The Hall–Kier alpha value is -8.14. The van der Waals surface area contributed by atoms with Gasteiger partial charge in [0.2, 0.25) is 0 Å². The third-order valence-electron chi connectivity index (χ3n) is 12.9. The SMILES string of the molecule is Cc1cc(-c2ccc(-c3ccc(C#N)cc3-n3c4ccccc4c4cc(-c5ccccc5C)ccc43)c(-n3c4ccccc4c4cc(-c5ccccc5C)ccc43)c2)cc(C(F)(F)F)c1. The molecule has 3 nitrogen and oxygen atoms in total. The Morgan fingerprint density at radius 2 is 0.877 bits per heavy atom. The molecule has 0 atom stereocenters. The van der Waals surface area contributed by atoms with Crippen LogP contribution in [0.5, 0.6) is 0 Å². The predicted octanol–water partition coefficient (Wildman–Crippen LogP) is 16.4. The Balaban J connectivity index is 1.22. The lowest BCUT2D eigenvalue weighted by atomic mass is 9.94. The maximum atomic E-state index is 14.3. The number of hydrogen-bond acceptors (Lipinski definition) is 1. The predicted molar refractivity (Wildman–Crippen MR) is 261 cm³/mol. The van der Waals surface area contributed by atoms with Gasteiger partial charge in [-0.1, -0.05) is 121 Å². The highest BCUT2D eigenvalue weighted by Crippen LogP contribution is 2.44. The van der Waals surface area contributed by atoms with Crippen molar-refractivity contribution in [2.75, 3.05) is 0 Å². The first-order valence-electron chi connectivity index (χ1n) is 21.6. The highest BCUT2D eigenvalue weighted by molar-refractivity contribution is 6.13. The fraction of sp³-hybridized carbons (Fsp3) is 0.0678. The first kappa shape index (κ1) is 39.7. The first-order chi connectivity index (χ1) is 31.6. The van der Waals surface area contributed by atoms with E-state index in [2.05, 4.69) is 138 Å². The first-order valence-corrected chi connectivity index (χ1v) is 21.6. The van der Waals surface area contributed by atoms with Crippen molar-refractivity contribution in [1.82, 2.24) is 9.13 Å². The van der Waals surface area contributed by atoms with Crippen molar-refractivity contribution in [1.29, 1.82) is 5.26 Å². The molecule has 0 fully saturated rings. The molecule has 0 aliphatic carbocycles. The fourth-order valence-electron chi connectivity index (χ4n) is 9.84. The van der Waals surface area contributed by atoms with Gasteiger partial charge in [-0.3, -0.25) is 0 Å². The number of nitriles is 1. The Labute approximate surface area is 374 Å². The third-order valence-corrected chi connectivity index (χ3v) is 12.9. The van der Waals surface area contributed by atoms with Crippen LogP contribution >= 0.6 is 0 Å². The van der Waals surface area contributed by atoms with Gasteiger partial charge in [-0.25, -0.2) is 0 Å². The van der Waals surface area contributed by atoms with Gasteiger partial charge >= 0.3 is 6.18 Å². The quantitative estimate of drug-likeness (QED) is 0.164. The van der Waals surface area contributed by atoms with Crippen molar-refractivity contribution in [2.24, 2.45) is 0 Å². The number of halogens is 3. The Kier molecular flexibility index (Phi) is 9.34. The molecule has 9 aromatic carbocycles. The van der Waals surface area contributed by atoms with Crippen LogP contribution in [-0.2, 0) is 6.18 Å². The zero-order chi connectivity index (χ0) is 44.6. The molecule has 6 heteroatoms. The monoisotopic (exact) mass is 847 g/mol. The van der Waals surface area contributed by atoms with E-state index >= 15 is 0 Å². The number of aryl methyl sites for hydroxylation is 3. The average Bonchev–Trinajstić information content (AvgIpc) is 3.83. The summed E-state index contributed by atoms with van der Waals surface area (Å²) in [7, 11) is 0. The zero-order valence-corrected chi connectivity index (χ0v) is 35.9. The van der Waals surface area contributed by atoms with Gasteiger partial charge in [0, 0.05) is 32.7 Å². The van der Waals surface area contributed by atoms with Crippen LogP contribution in [0.15, 0.2) is 188 Å². The molecule has 0 aliphatic rings. The molecule has 2 aromatic heterocycles. The molecule has 312 valence electrons. The van der Waals surface area contributed by atoms with Crippen LogP contribution < -0.4 is 0 Å². The Morgan fingerprint density at radius 1 is 0.400 bits per heavy atom. The van der Waals surface area contributed by atoms with Gasteiger partial charge in [-0.2, -0.15) is 18.4 Å². The van der Waals surface area contributed by atoms with E-state index in [9.17, 15) is 18.4 Å². The molecule has 0 saturated heterocycles. The second-order valence-electron chi connectivity index (χ2n) is 17.0. The summed E-state index contributed by atoms with van der Waals surface area (Å²) in [6.07, 6.45) is -4.51. The van der Waals surface area contributed by atoms with Crippen molar-refractivity contribution >= 4 is 43.6 Å². The van der Waals surface area contributed by atoms with Crippen LogP contribution in [0.25, 0.3) is 99.5 Å². The lowest BCUT2D eigenvalue weighted by Gasteiger charge is -2.20. The van der Waals surface area contributed by atoms with Gasteiger partial charge in [0.25, 0.3) is 0 Å². The molecule has 0 bridgehead atoms. The highest BCUT2D eigenvalue weighted by Gasteiger charge is 2.31. The van der Waals surface area contributed by atoms with Crippen molar-refractivity contribution in [2.45, 2.75) is 26.9 Å². The maximum Gasteiger partial charge on any atom is 0.416 e. The molecule has 11 aromatic rings. The topological polar surface area (TPSA) is 33.6 Å². The molecular weight excluding hydrogens is 808 g/mol. The fourth-order valence-corrected chi connectivity index (χ4v) is 9.84. The molecule has 2 heterocycles. The van der Waals surface area contributed by atoms with Gasteiger partial charge in [0.15, 0.2) is 0 Å². The number of fused-ring (bicyclic) bond motifs is 6. The van der Waals surface area contributed by atoms with E-state index in [4.69, 9.17) is 0 Å². The summed E-state index contributed by atoms with van der Waals surface area (Å²) in [5.41, 5.74) is 15.5. The highest BCUT2D eigenvalue weighted by atomic mass is 19.4. The van der Waals surface area contributed by atoms with E-state index in [1.54, 1.807) is 6.92 Å². The van der Waals surface area contributed by atoms with Gasteiger partial charge in [-0.05, 0) is 138 Å². The summed E-state index contributed by atoms with van der Waals surface area (Å²) in [6.45, 7) is 5.94. The Bertz CT molecular complexity index is 3760. The second kappa shape index (κ2) is 15.3. The number of alkyl halides is 3. The van der Waals surface area contributed by atoms with Crippen molar-refractivity contribution in [3.8, 4) is 62.0 Å². The molecule has 11 rings (SSSR count). The molecule has 65 heavy (non-hydrogen) atoms. The summed E-state index contributed by atoms with van der Waals surface area (Å²) >= 11 is 0. The molecule has 0 N–H and O–H groups in total. The normalized spacial score (nSPS) is 11.8. The van der Waals surface area contributed by atoms with Crippen LogP contribution in [0, 0.1) is 32.1 Å². The number of benzene rings is 9. The van der Waals surface area contributed by atoms with E-state index in [0.29, 0.717) is 22.3 Å². The van der Waals surface area contributed by atoms with E-state index in [1.807, 2.05) is 66.7 Å². The van der Waals surface area contributed by atoms with Crippen molar-refractivity contribution in [3.63, 3.8) is 0 Å². The number of aromatic nitrogens is 2. The second-order valence-corrected chi connectivity index (χ2v) is 17.0. The van der Waals surface area contributed by atoms with Crippen LogP contribution in [-0.4, -0.2) is 9.13 Å². The molecule has 0 aliphatic heterocycles. The minimum Gasteiger partial charge on any atom is -0.309 e. The van der Waals surface area contributed by atoms with Gasteiger partial charge in [0.1, 0.15) is 0 Å². The summed E-state index contributed by atoms with van der Waals surface area (Å²) in [6, 6.07) is 64.9. The minimum atomic E-state index is -4.51. The maximum absolute atomic E-state index is 14.3. The van der Waals surface area contributed by atoms with Crippen LogP contribution in [0.4, 0.5) is 13.2 Å². The van der Waals surface area contributed by atoms with E-state index in [1.165, 1.54) is 23.3 Å². The lowest BCUT2D eigenvalue weighted by molar-refractivity contribution is -0.137. The number of hydrogen-bond donors (Lipinski definition) is 0. The average molecular weight is 848 g/mol. The number of para-hydroxylation sites is 2. The van der Waals surface area contributed by atoms with E-state index in [0.717, 1.165) is 88.4 Å². The summed E-state index contributed by atoms with van der Waals surface area (Å²) in [5, 5.41) is 14.7. The molecule has 0 saturated carbocycles. The van der Waals surface area contributed by atoms with Gasteiger partial charge < -0.3 is 9.13 Å².